The van der Waals surface area contributed by atoms with E-state index in [2.05, 4.69) is 5.32 Å². The Labute approximate surface area is 144 Å². The Bertz CT molecular complexity index is 872. The summed E-state index contributed by atoms with van der Waals surface area (Å²) in [5, 5.41) is 2.38. The van der Waals surface area contributed by atoms with Crippen molar-refractivity contribution in [1.29, 1.82) is 0 Å². The molecule has 0 unspecified atom stereocenters. The molecule has 0 spiro atoms. The lowest BCUT2D eigenvalue weighted by molar-refractivity contribution is -0.118. The fourth-order valence-electron chi connectivity index (χ4n) is 3.26. The minimum atomic E-state index is -3.94. The Balaban J connectivity index is 1.99. The van der Waals surface area contributed by atoms with Gasteiger partial charge in [-0.3, -0.25) is 4.79 Å². The van der Waals surface area contributed by atoms with Gasteiger partial charge in [0.05, 0.1) is 4.90 Å². The van der Waals surface area contributed by atoms with Crippen molar-refractivity contribution in [2.24, 2.45) is 0 Å². The number of halogens is 2. The van der Waals surface area contributed by atoms with Gasteiger partial charge in [0.1, 0.15) is 11.6 Å². The minimum Gasteiger partial charge on any atom is -0.324 e. The number of nitrogens with one attached hydrogen (secondary N) is 1. The molecule has 1 aliphatic rings. The largest absolute Gasteiger partial charge is 0.324 e. The molecule has 3 rings (SSSR count). The number of amides is 1. The van der Waals surface area contributed by atoms with Crippen LogP contribution in [-0.2, 0) is 14.6 Å². The molecule has 1 fully saturated rings. The Morgan fingerprint density at radius 2 is 1.52 bits per heavy atom. The molecule has 4 nitrogen and oxygen atoms in total. The smallest absolute Gasteiger partial charge is 0.246 e. The quantitative estimate of drug-likeness (QED) is 0.899. The van der Waals surface area contributed by atoms with Crippen LogP contribution >= 0.6 is 0 Å². The topological polar surface area (TPSA) is 63.2 Å². The summed E-state index contributed by atoms with van der Waals surface area (Å²) >= 11 is 0. The summed E-state index contributed by atoms with van der Waals surface area (Å²) in [7, 11) is -3.94. The van der Waals surface area contributed by atoms with E-state index in [-0.39, 0.29) is 23.4 Å². The third kappa shape index (κ3) is 3.16. The number of rotatable bonds is 4. The molecular weight excluding hydrogens is 348 g/mol. The van der Waals surface area contributed by atoms with E-state index in [1.165, 1.54) is 12.1 Å². The number of carbonyl (C=O) groups excluding carboxylic acids is 1. The molecule has 2 aromatic rings. The fraction of sp³-hybridized carbons (Fsp3) is 0.278. The Morgan fingerprint density at radius 1 is 0.960 bits per heavy atom. The number of hydrogen-bond donors (Lipinski definition) is 1. The molecule has 0 aromatic heterocycles. The van der Waals surface area contributed by atoms with Gasteiger partial charge in [0.15, 0.2) is 14.6 Å². The summed E-state index contributed by atoms with van der Waals surface area (Å²) in [5.41, 5.74) is -0.1000. The second-order valence-electron chi connectivity index (χ2n) is 6.13. The lowest BCUT2D eigenvalue weighted by Crippen LogP contribution is -2.47. The van der Waals surface area contributed by atoms with Crippen LogP contribution in [0.25, 0.3) is 0 Å². The number of hydrogen-bond acceptors (Lipinski definition) is 3. The first-order valence-corrected chi connectivity index (χ1v) is 9.41. The molecule has 0 bridgehead atoms. The van der Waals surface area contributed by atoms with Gasteiger partial charge in [-0.05, 0) is 37.1 Å². The highest BCUT2D eigenvalue weighted by Gasteiger charge is 2.52. The van der Waals surface area contributed by atoms with Gasteiger partial charge >= 0.3 is 0 Å². The highest BCUT2D eigenvalue weighted by Crippen LogP contribution is 2.41. The van der Waals surface area contributed by atoms with Crippen LogP contribution in [0.15, 0.2) is 53.4 Å². The lowest BCUT2D eigenvalue weighted by Gasteiger charge is -2.27. The average molecular weight is 365 g/mol. The van der Waals surface area contributed by atoms with E-state index in [4.69, 9.17) is 0 Å². The minimum absolute atomic E-state index is 0.0671. The summed E-state index contributed by atoms with van der Waals surface area (Å²) in [5.74, 6) is -2.44. The first-order valence-electron chi connectivity index (χ1n) is 7.92. The van der Waals surface area contributed by atoms with Crippen molar-refractivity contribution in [2.45, 2.75) is 35.3 Å². The lowest BCUT2D eigenvalue weighted by atomic mass is 10.1. The molecule has 2 aromatic carbocycles. The van der Waals surface area contributed by atoms with Crippen molar-refractivity contribution < 1.29 is 22.0 Å². The zero-order chi connectivity index (χ0) is 18.1. The van der Waals surface area contributed by atoms with E-state index >= 15 is 0 Å². The molecule has 0 heterocycles. The van der Waals surface area contributed by atoms with Gasteiger partial charge in [0, 0.05) is 11.8 Å². The maximum Gasteiger partial charge on any atom is 0.246 e. The number of benzene rings is 2. The molecule has 25 heavy (non-hydrogen) atoms. The van der Waals surface area contributed by atoms with Crippen LogP contribution in [0.4, 0.5) is 14.5 Å². The van der Waals surface area contributed by atoms with Crippen LogP contribution in [0, 0.1) is 11.6 Å². The first kappa shape index (κ1) is 17.5. The standard InChI is InChI=1S/C18H17F2NO3S/c19-13-10-14(20)12-15(11-13)21-17(22)18(8-4-5-9-18)25(23,24)16-6-2-1-3-7-16/h1-3,6-7,10-12H,4-5,8-9H2,(H,21,22). The molecule has 1 saturated carbocycles. The Morgan fingerprint density at radius 3 is 2.08 bits per heavy atom. The highest BCUT2D eigenvalue weighted by molar-refractivity contribution is 7.93. The number of carbonyl (C=O) groups is 1. The van der Waals surface area contributed by atoms with Crippen molar-refractivity contribution in [3.8, 4) is 0 Å². The van der Waals surface area contributed by atoms with Crippen molar-refractivity contribution in [3.63, 3.8) is 0 Å². The van der Waals surface area contributed by atoms with Gasteiger partial charge in [-0.15, -0.1) is 0 Å². The molecule has 7 heteroatoms. The number of sulfone groups is 1. The Kier molecular flexibility index (Phi) is 4.60. The van der Waals surface area contributed by atoms with Crippen molar-refractivity contribution in [3.05, 3.63) is 60.2 Å². The molecule has 0 saturated heterocycles. The SMILES string of the molecule is O=C(Nc1cc(F)cc(F)c1)C1(S(=O)(=O)c2ccccc2)CCCC1. The second-order valence-corrected chi connectivity index (χ2v) is 8.39. The zero-order valence-electron chi connectivity index (χ0n) is 13.3. The second kappa shape index (κ2) is 6.55. The summed E-state index contributed by atoms with van der Waals surface area (Å²) < 4.78 is 51.3. The van der Waals surface area contributed by atoms with E-state index in [1.54, 1.807) is 18.2 Å². The highest BCUT2D eigenvalue weighted by atomic mass is 32.2. The third-order valence-electron chi connectivity index (χ3n) is 4.51. The molecule has 1 N–H and O–H groups in total. The van der Waals surface area contributed by atoms with Gasteiger partial charge in [-0.2, -0.15) is 0 Å². The molecular formula is C18H17F2NO3S. The first-order chi connectivity index (χ1) is 11.8. The summed E-state index contributed by atoms with van der Waals surface area (Å²) in [6.45, 7) is 0. The fourth-order valence-corrected chi connectivity index (χ4v) is 5.35. The van der Waals surface area contributed by atoms with Gasteiger partial charge in [-0.1, -0.05) is 31.0 Å². The van der Waals surface area contributed by atoms with Crippen LogP contribution in [0.5, 0.6) is 0 Å². The van der Waals surface area contributed by atoms with E-state index in [0.717, 1.165) is 12.1 Å². The third-order valence-corrected chi connectivity index (χ3v) is 7.03. The summed E-state index contributed by atoms with van der Waals surface area (Å²) in [6, 6.07) is 10.4. The van der Waals surface area contributed by atoms with E-state index in [1.807, 2.05) is 0 Å². The number of anilines is 1. The zero-order valence-corrected chi connectivity index (χ0v) is 14.2. The van der Waals surface area contributed by atoms with E-state index in [0.29, 0.717) is 18.9 Å². The predicted molar refractivity (Wildman–Crippen MR) is 89.8 cm³/mol. The van der Waals surface area contributed by atoms with Gasteiger partial charge in [-0.25, -0.2) is 17.2 Å². The van der Waals surface area contributed by atoms with Crippen LogP contribution < -0.4 is 5.32 Å². The Hall–Kier alpha value is -2.28. The van der Waals surface area contributed by atoms with E-state index < -0.39 is 32.1 Å². The van der Waals surface area contributed by atoms with Crippen molar-refractivity contribution >= 4 is 21.4 Å². The summed E-state index contributed by atoms with van der Waals surface area (Å²) in [6.07, 6.45) is 1.54. The maximum absolute atomic E-state index is 13.3. The van der Waals surface area contributed by atoms with Crippen molar-refractivity contribution in [1.82, 2.24) is 0 Å². The van der Waals surface area contributed by atoms with Gasteiger partial charge < -0.3 is 5.32 Å². The molecule has 0 radical (unpaired) electrons. The van der Waals surface area contributed by atoms with Crippen LogP contribution in [0.2, 0.25) is 0 Å². The van der Waals surface area contributed by atoms with Crippen LogP contribution in [0.1, 0.15) is 25.7 Å². The van der Waals surface area contributed by atoms with Crippen molar-refractivity contribution in [2.75, 3.05) is 5.32 Å². The molecule has 1 aliphatic carbocycles. The average Bonchev–Trinajstić information content (AvgIpc) is 3.06. The van der Waals surface area contributed by atoms with Crippen LogP contribution in [-0.4, -0.2) is 19.1 Å². The predicted octanol–water partition coefficient (Wildman–Crippen LogP) is 3.69. The molecule has 132 valence electrons. The molecule has 0 aliphatic heterocycles. The van der Waals surface area contributed by atoms with Crippen LogP contribution in [0.3, 0.4) is 0 Å². The van der Waals surface area contributed by atoms with Gasteiger partial charge in [0.25, 0.3) is 0 Å². The molecule has 1 amide bonds. The maximum atomic E-state index is 13.3. The van der Waals surface area contributed by atoms with Gasteiger partial charge in [0.2, 0.25) is 5.91 Å². The monoisotopic (exact) mass is 365 g/mol. The normalized spacial score (nSPS) is 16.6. The molecule has 0 atom stereocenters. The van der Waals surface area contributed by atoms with E-state index in [9.17, 15) is 22.0 Å². The summed E-state index contributed by atoms with van der Waals surface area (Å²) in [4.78, 5) is 12.9.